The quantitative estimate of drug-likeness (QED) is 0.746. The molecular weight excluding hydrogens is 325 g/mol. The van der Waals surface area contributed by atoms with E-state index in [2.05, 4.69) is 15.9 Å². The average Bonchev–Trinajstić information content (AvgIpc) is 2.68. The lowest BCUT2D eigenvalue weighted by Crippen LogP contribution is -2.29. The maximum Gasteiger partial charge on any atom is 0.266 e. The minimum Gasteiger partial charge on any atom is -0.268 e. The van der Waals surface area contributed by atoms with Crippen molar-refractivity contribution in [1.82, 2.24) is 0 Å². The highest BCUT2D eigenvalue weighted by Gasteiger charge is 2.37. The molecule has 100 valence electrons. The van der Waals surface area contributed by atoms with Gasteiger partial charge in [0.15, 0.2) is 0 Å². The van der Waals surface area contributed by atoms with E-state index in [9.17, 15) is 14.0 Å². The van der Waals surface area contributed by atoms with Gasteiger partial charge in [-0.3, -0.25) is 9.59 Å². The molecule has 0 unspecified atom stereocenters. The van der Waals surface area contributed by atoms with Crippen LogP contribution in [0.3, 0.4) is 0 Å². The van der Waals surface area contributed by atoms with Gasteiger partial charge in [-0.2, -0.15) is 0 Å². The van der Waals surface area contributed by atoms with Crippen molar-refractivity contribution in [2.75, 3.05) is 4.90 Å². The van der Waals surface area contributed by atoms with Gasteiger partial charge >= 0.3 is 0 Å². The van der Waals surface area contributed by atoms with Crippen LogP contribution in [0.2, 0.25) is 0 Å². The Bertz CT molecular complexity index is 723. The molecule has 2 aromatic carbocycles. The highest BCUT2D eigenvalue weighted by atomic mass is 79.9. The number of carbonyl (C=O) groups excluding carboxylic acids is 2. The number of anilines is 1. The lowest BCUT2D eigenvalue weighted by atomic mass is 10.1. The lowest BCUT2D eigenvalue weighted by Gasteiger charge is -2.16. The molecule has 1 aliphatic heterocycles. The average molecular weight is 334 g/mol. The van der Waals surface area contributed by atoms with E-state index in [4.69, 9.17) is 0 Å². The third-order valence-corrected chi connectivity index (χ3v) is 3.90. The van der Waals surface area contributed by atoms with Crippen LogP contribution < -0.4 is 4.90 Å². The smallest absolute Gasteiger partial charge is 0.266 e. The summed E-state index contributed by atoms with van der Waals surface area (Å²) in [6.07, 6.45) is 0. The van der Waals surface area contributed by atoms with Crippen molar-refractivity contribution in [3.05, 3.63) is 63.4 Å². The minimum atomic E-state index is -0.459. The molecule has 1 heterocycles. The number of rotatable bonds is 1. The van der Waals surface area contributed by atoms with Crippen LogP contribution in [0.1, 0.15) is 26.3 Å². The molecule has 0 aliphatic carbocycles. The number of fused-ring (bicyclic) bond motifs is 1. The number of halogens is 2. The van der Waals surface area contributed by atoms with Crippen LogP contribution in [0.4, 0.5) is 10.1 Å². The van der Waals surface area contributed by atoms with Crippen molar-refractivity contribution in [1.29, 1.82) is 0 Å². The van der Waals surface area contributed by atoms with E-state index in [0.29, 0.717) is 21.2 Å². The fourth-order valence-electron chi connectivity index (χ4n) is 2.22. The molecule has 2 amide bonds. The molecule has 0 bridgehead atoms. The van der Waals surface area contributed by atoms with E-state index in [-0.39, 0.29) is 5.69 Å². The Morgan fingerprint density at radius 2 is 1.60 bits per heavy atom. The second-order valence-electron chi connectivity index (χ2n) is 4.54. The SMILES string of the molecule is Cc1cc(Br)c(N2C(=O)c3ccccc3C2=O)cc1F. The van der Waals surface area contributed by atoms with Gasteiger partial charge in [-0.05, 0) is 52.7 Å². The van der Waals surface area contributed by atoms with E-state index in [1.54, 1.807) is 37.3 Å². The Hall–Kier alpha value is -2.01. The summed E-state index contributed by atoms with van der Waals surface area (Å²) in [6.45, 7) is 1.62. The van der Waals surface area contributed by atoms with Crippen molar-refractivity contribution in [3.8, 4) is 0 Å². The van der Waals surface area contributed by atoms with Crippen molar-refractivity contribution in [2.45, 2.75) is 6.92 Å². The number of carbonyl (C=O) groups is 2. The van der Waals surface area contributed by atoms with Gasteiger partial charge < -0.3 is 0 Å². The molecule has 0 saturated heterocycles. The van der Waals surface area contributed by atoms with E-state index in [1.807, 2.05) is 0 Å². The third-order valence-electron chi connectivity index (χ3n) is 3.26. The molecule has 2 aromatic rings. The van der Waals surface area contributed by atoms with Gasteiger partial charge in [-0.1, -0.05) is 12.1 Å². The molecule has 0 radical (unpaired) electrons. The van der Waals surface area contributed by atoms with Gasteiger partial charge in [0.1, 0.15) is 5.82 Å². The number of imide groups is 1. The Balaban J connectivity index is 2.17. The number of hydrogen-bond acceptors (Lipinski definition) is 2. The lowest BCUT2D eigenvalue weighted by molar-refractivity contribution is 0.0926. The van der Waals surface area contributed by atoms with Gasteiger partial charge in [0.25, 0.3) is 11.8 Å². The van der Waals surface area contributed by atoms with E-state index < -0.39 is 17.6 Å². The Morgan fingerprint density at radius 1 is 1.05 bits per heavy atom. The summed E-state index contributed by atoms with van der Waals surface area (Å²) in [5, 5.41) is 0. The highest BCUT2D eigenvalue weighted by Crippen LogP contribution is 2.34. The monoisotopic (exact) mass is 333 g/mol. The third kappa shape index (κ3) is 1.78. The molecule has 0 atom stereocenters. The molecule has 0 N–H and O–H groups in total. The molecule has 0 saturated carbocycles. The molecule has 1 aliphatic rings. The summed E-state index contributed by atoms with van der Waals surface area (Å²) < 4.78 is 14.2. The molecule has 3 nitrogen and oxygen atoms in total. The zero-order valence-corrected chi connectivity index (χ0v) is 12.1. The largest absolute Gasteiger partial charge is 0.268 e. The van der Waals surface area contributed by atoms with Crippen molar-refractivity contribution >= 4 is 33.4 Å². The van der Waals surface area contributed by atoms with Crippen molar-refractivity contribution in [3.63, 3.8) is 0 Å². The summed E-state index contributed by atoms with van der Waals surface area (Å²) in [5.74, 6) is -1.33. The number of nitrogens with zero attached hydrogens (tertiary/aromatic N) is 1. The number of amides is 2. The van der Waals surface area contributed by atoms with Crippen LogP contribution >= 0.6 is 15.9 Å². The Kier molecular flexibility index (Phi) is 2.94. The molecule has 0 aromatic heterocycles. The first-order valence-electron chi connectivity index (χ1n) is 5.94. The van der Waals surface area contributed by atoms with Crippen LogP contribution in [0.25, 0.3) is 0 Å². The normalized spacial score (nSPS) is 13.8. The summed E-state index contributed by atoms with van der Waals surface area (Å²) >= 11 is 3.28. The fraction of sp³-hybridized carbons (Fsp3) is 0.0667. The number of aryl methyl sites for hydroxylation is 1. The molecule has 20 heavy (non-hydrogen) atoms. The zero-order chi connectivity index (χ0) is 14.4. The van der Waals surface area contributed by atoms with Gasteiger partial charge in [0.05, 0.1) is 16.8 Å². The first kappa shape index (κ1) is 13.0. The summed E-state index contributed by atoms with van der Waals surface area (Å²) in [5.41, 5.74) is 1.34. The van der Waals surface area contributed by atoms with Crippen molar-refractivity contribution < 1.29 is 14.0 Å². The van der Waals surface area contributed by atoms with Crippen LogP contribution in [0.5, 0.6) is 0 Å². The number of benzene rings is 2. The standard InChI is InChI=1S/C15H9BrFNO2/c1-8-6-11(16)13(7-12(8)17)18-14(19)9-4-2-3-5-10(9)15(18)20/h2-7H,1H3. The fourth-order valence-corrected chi connectivity index (χ4v) is 2.85. The van der Waals surface area contributed by atoms with Gasteiger partial charge in [0, 0.05) is 4.47 Å². The maximum atomic E-state index is 13.7. The predicted molar refractivity (Wildman–Crippen MR) is 76.4 cm³/mol. The van der Waals surface area contributed by atoms with E-state index >= 15 is 0 Å². The first-order valence-corrected chi connectivity index (χ1v) is 6.73. The summed E-state index contributed by atoms with van der Waals surface area (Å²) in [6, 6.07) is 9.31. The topological polar surface area (TPSA) is 37.4 Å². The number of hydrogen-bond donors (Lipinski definition) is 0. The van der Waals surface area contributed by atoms with Gasteiger partial charge in [-0.15, -0.1) is 0 Å². The molecule has 0 spiro atoms. The molecule has 3 rings (SSSR count). The van der Waals surface area contributed by atoms with Crippen molar-refractivity contribution in [2.24, 2.45) is 0 Å². The second-order valence-corrected chi connectivity index (χ2v) is 5.40. The second kappa shape index (κ2) is 4.52. The Morgan fingerprint density at radius 3 is 2.15 bits per heavy atom. The highest BCUT2D eigenvalue weighted by molar-refractivity contribution is 9.10. The molecular formula is C15H9BrFNO2. The zero-order valence-electron chi connectivity index (χ0n) is 10.5. The van der Waals surface area contributed by atoms with Gasteiger partial charge in [0.2, 0.25) is 0 Å². The minimum absolute atomic E-state index is 0.222. The van der Waals surface area contributed by atoms with Crippen LogP contribution in [-0.4, -0.2) is 11.8 Å². The molecule has 5 heteroatoms. The summed E-state index contributed by atoms with van der Waals surface area (Å²) in [7, 11) is 0. The Labute approximate surface area is 123 Å². The maximum absolute atomic E-state index is 13.7. The summed E-state index contributed by atoms with van der Waals surface area (Å²) in [4.78, 5) is 25.6. The van der Waals surface area contributed by atoms with Crippen LogP contribution in [-0.2, 0) is 0 Å². The van der Waals surface area contributed by atoms with Gasteiger partial charge in [-0.25, -0.2) is 9.29 Å². The van der Waals surface area contributed by atoms with Crippen LogP contribution in [0, 0.1) is 12.7 Å². The first-order chi connectivity index (χ1) is 9.50. The van der Waals surface area contributed by atoms with Crippen LogP contribution in [0.15, 0.2) is 40.9 Å². The predicted octanol–water partition coefficient (Wildman–Crippen LogP) is 3.70. The molecule has 0 fully saturated rings. The van der Waals surface area contributed by atoms with E-state index in [1.165, 1.54) is 6.07 Å². The van der Waals surface area contributed by atoms with E-state index in [0.717, 1.165) is 4.90 Å².